The maximum Gasteiger partial charge on any atom is 0.209 e. The predicted molar refractivity (Wildman–Crippen MR) is 115 cm³/mol. The Morgan fingerprint density at radius 1 is 1.17 bits per heavy atom. The third-order valence-corrected chi connectivity index (χ3v) is 5.70. The molecule has 0 fully saturated rings. The monoisotopic (exact) mass is 453 g/mol. The second-order valence-corrected chi connectivity index (χ2v) is 7.98. The zero-order valence-electron chi connectivity index (χ0n) is 16.1. The van der Waals surface area contributed by atoms with E-state index in [0.717, 1.165) is 28.6 Å². The van der Waals surface area contributed by atoms with Crippen LogP contribution >= 0.6 is 35.0 Å². The quantitative estimate of drug-likeness (QED) is 0.367. The van der Waals surface area contributed by atoms with E-state index in [-0.39, 0.29) is 0 Å². The Hall–Kier alpha value is -2.00. The summed E-state index contributed by atoms with van der Waals surface area (Å²) in [6.07, 6.45) is 0. The van der Waals surface area contributed by atoms with Crippen LogP contribution in [0.1, 0.15) is 11.1 Å². The molecule has 29 heavy (non-hydrogen) atoms. The van der Waals surface area contributed by atoms with Gasteiger partial charge in [-0.2, -0.15) is 0 Å². The van der Waals surface area contributed by atoms with Gasteiger partial charge < -0.3 is 14.8 Å². The summed E-state index contributed by atoms with van der Waals surface area (Å²) in [4.78, 5) is 0. The van der Waals surface area contributed by atoms with Gasteiger partial charge in [0, 0.05) is 36.5 Å². The molecule has 1 aromatic heterocycles. The molecule has 3 aromatic rings. The van der Waals surface area contributed by atoms with Gasteiger partial charge in [-0.3, -0.25) is 0 Å². The molecule has 0 bridgehead atoms. The van der Waals surface area contributed by atoms with Crippen molar-refractivity contribution in [3.63, 3.8) is 0 Å². The molecule has 10 heteroatoms. The maximum absolute atomic E-state index is 6.45. The van der Waals surface area contributed by atoms with Crippen molar-refractivity contribution in [2.75, 3.05) is 19.4 Å². The highest BCUT2D eigenvalue weighted by Gasteiger charge is 2.13. The van der Waals surface area contributed by atoms with E-state index in [9.17, 15) is 0 Å². The third kappa shape index (κ3) is 5.99. The van der Waals surface area contributed by atoms with Crippen LogP contribution in [0.2, 0.25) is 10.0 Å². The molecule has 0 atom stereocenters. The molecule has 0 saturated heterocycles. The Morgan fingerprint density at radius 2 is 2.00 bits per heavy atom. The summed E-state index contributed by atoms with van der Waals surface area (Å²) in [5.74, 6) is 1.93. The van der Waals surface area contributed by atoms with Crippen molar-refractivity contribution in [2.45, 2.75) is 18.3 Å². The fraction of sp³-hybridized carbons (Fsp3) is 0.316. The third-order valence-electron chi connectivity index (χ3n) is 4.04. The van der Waals surface area contributed by atoms with Gasteiger partial charge >= 0.3 is 0 Å². The second-order valence-electron chi connectivity index (χ2n) is 6.10. The van der Waals surface area contributed by atoms with E-state index in [1.54, 1.807) is 23.6 Å². The maximum atomic E-state index is 6.45. The minimum Gasteiger partial charge on any atom is -0.493 e. The van der Waals surface area contributed by atoms with E-state index < -0.39 is 0 Å². The van der Waals surface area contributed by atoms with Crippen LogP contribution in [0.25, 0.3) is 0 Å². The number of halogens is 2. The molecule has 0 amide bonds. The van der Waals surface area contributed by atoms with Crippen molar-refractivity contribution in [3.8, 4) is 11.5 Å². The van der Waals surface area contributed by atoms with Crippen LogP contribution in [-0.4, -0.2) is 39.6 Å². The van der Waals surface area contributed by atoms with E-state index in [1.165, 1.54) is 0 Å². The van der Waals surface area contributed by atoms with Gasteiger partial charge in [-0.15, -0.1) is 5.10 Å². The summed E-state index contributed by atoms with van der Waals surface area (Å²) in [7, 11) is 3.41. The van der Waals surface area contributed by atoms with Gasteiger partial charge in [-0.25, -0.2) is 4.68 Å². The zero-order chi connectivity index (χ0) is 20.6. The minimum atomic E-state index is 0.307. The largest absolute Gasteiger partial charge is 0.493 e. The van der Waals surface area contributed by atoms with Gasteiger partial charge in [0.15, 0.2) is 11.5 Å². The molecule has 1 N–H and O–H groups in total. The van der Waals surface area contributed by atoms with E-state index in [4.69, 9.17) is 32.7 Å². The molecule has 7 nitrogen and oxygen atoms in total. The number of tetrazole rings is 1. The number of aromatic nitrogens is 4. The lowest BCUT2D eigenvalue weighted by molar-refractivity contribution is 0.284. The molecule has 154 valence electrons. The van der Waals surface area contributed by atoms with Crippen molar-refractivity contribution in [1.82, 2.24) is 25.5 Å². The lowest BCUT2D eigenvalue weighted by Gasteiger charge is -2.15. The molecule has 3 rings (SSSR count). The molecule has 0 radical (unpaired) electrons. The van der Waals surface area contributed by atoms with Crippen LogP contribution in [0.15, 0.2) is 41.6 Å². The second kappa shape index (κ2) is 10.7. The van der Waals surface area contributed by atoms with Crippen molar-refractivity contribution < 1.29 is 9.47 Å². The van der Waals surface area contributed by atoms with Crippen LogP contribution < -0.4 is 14.8 Å². The molecule has 0 unspecified atom stereocenters. The normalized spacial score (nSPS) is 10.9. The molecular weight excluding hydrogens is 433 g/mol. The zero-order valence-corrected chi connectivity index (χ0v) is 18.4. The summed E-state index contributed by atoms with van der Waals surface area (Å²) in [6, 6.07) is 11.3. The molecule has 0 aliphatic heterocycles. The highest BCUT2D eigenvalue weighted by molar-refractivity contribution is 7.99. The SMILES string of the molecule is COc1cc(CNCCSc2nnnn2C)cc(Cl)c1OCc1ccccc1Cl. The van der Waals surface area contributed by atoms with E-state index in [0.29, 0.717) is 34.7 Å². The number of nitrogens with one attached hydrogen (secondary N) is 1. The van der Waals surface area contributed by atoms with Gasteiger partial charge in [0.05, 0.1) is 12.1 Å². The lowest BCUT2D eigenvalue weighted by atomic mass is 10.2. The topological polar surface area (TPSA) is 74.1 Å². The van der Waals surface area contributed by atoms with Gasteiger partial charge in [-0.1, -0.05) is 53.2 Å². The molecule has 0 aliphatic rings. The van der Waals surface area contributed by atoms with Gasteiger partial charge in [-0.05, 0) is 34.2 Å². The molecular formula is C19H21Cl2N5O2S. The number of benzene rings is 2. The summed E-state index contributed by atoms with van der Waals surface area (Å²) in [6.45, 7) is 1.75. The first-order valence-corrected chi connectivity index (χ1v) is 10.6. The summed E-state index contributed by atoms with van der Waals surface area (Å²) in [5.41, 5.74) is 1.89. The first-order valence-electron chi connectivity index (χ1n) is 8.87. The molecule has 0 spiro atoms. The Bertz CT molecular complexity index is 954. The fourth-order valence-electron chi connectivity index (χ4n) is 2.57. The van der Waals surface area contributed by atoms with Gasteiger partial charge in [0.1, 0.15) is 6.61 Å². The van der Waals surface area contributed by atoms with Crippen LogP contribution in [0.5, 0.6) is 11.5 Å². The lowest BCUT2D eigenvalue weighted by Crippen LogP contribution is -2.17. The first kappa shape index (κ1) is 21.7. The molecule has 0 aliphatic carbocycles. The van der Waals surface area contributed by atoms with Crippen molar-refractivity contribution >= 4 is 35.0 Å². The average Bonchev–Trinajstić information content (AvgIpc) is 3.12. The van der Waals surface area contributed by atoms with Crippen molar-refractivity contribution in [3.05, 3.63) is 57.6 Å². The number of aryl methyl sites for hydroxylation is 1. The number of methoxy groups -OCH3 is 1. The predicted octanol–water partition coefficient (Wildman–Crippen LogP) is 3.99. The van der Waals surface area contributed by atoms with Crippen LogP contribution in [0.3, 0.4) is 0 Å². The summed E-state index contributed by atoms with van der Waals surface area (Å²) >= 11 is 14.2. The van der Waals surface area contributed by atoms with Gasteiger partial charge in [0.25, 0.3) is 0 Å². The number of ether oxygens (including phenoxy) is 2. The highest BCUT2D eigenvalue weighted by Crippen LogP contribution is 2.37. The van der Waals surface area contributed by atoms with Crippen LogP contribution in [-0.2, 0) is 20.2 Å². The fourth-order valence-corrected chi connectivity index (χ4v) is 3.80. The standard InChI is InChI=1S/C19H21Cl2N5O2S/c1-26-19(23-24-25-26)29-8-7-22-11-13-9-16(21)18(17(10-13)27-2)28-12-14-5-3-4-6-15(14)20/h3-6,9-10,22H,7-8,11-12H2,1-2H3. The van der Waals surface area contributed by atoms with Crippen LogP contribution in [0, 0.1) is 0 Å². The number of hydrogen-bond acceptors (Lipinski definition) is 7. The van der Waals surface area contributed by atoms with Crippen LogP contribution in [0.4, 0.5) is 0 Å². The Morgan fingerprint density at radius 3 is 2.72 bits per heavy atom. The smallest absolute Gasteiger partial charge is 0.209 e. The van der Waals surface area contributed by atoms with E-state index in [2.05, 4.69) is 20.8 Å². The van der Waals surface area contributed by atoms with Crippen molar-refractivity contribution in [1.29, 1.82) is 0 Å². The number of hydrogen-bond donors (Lipinski definition) is 1. The van der Waals surface area contributed by atoms with Gasteiger partial charge in [0.2, 0.25) is 5.16 Å². The minimum absolute atomic E-state index is 0.307. The molecule has 0 saturated carbocycles. The first-order chi connectivity index (χ1) is 14.1. The van der Waals surface area contributed by atoms with Crippen molar-refractivity contribution in [2.24, 2.45) is 7.05 Å². The Kier molecular flexibility index (Phi) is 8.00. The Labute approximate surface area is 183 Å². The summed E-state index contributed by atoms with van der Waals surface area (Å²) < 4.78 is 13.0. The number of rotatable bonds is 10. The molecule has 1 heterocycles. The number of nitrogens with zero attached hydrogens (tertiary/aromatic N) is 4. The average molecular weight is 454 g/mol. The van der Waals surface area contributed by atoms with E-state index >= 15 is 0 Å². The Balaban J connectivity index is 1.55. The highest BCUT2D eigenvalue weighted by atomic mass is 35.5. The number of thioether (sulfide) groups is 1. The summed E-state index contributed by atoms with van der Waals surface area (Å²) in [5, 5.41) is 16.7. The molecule has 2 aromatic carbocycles. The van der Waals surface area contributed by atoms with E-state index in [1.807, 2.05) is 43.4 Å².